The fraction of sp³-hybridized carbons (Fsp3) is 0.471. The van der Waals surface area contributed by atoms with Crippen LogP contribution in [-0.2, 0) is 4.74 Å². The second-order valence-electron chi connectivity index (χ2n) is 13.5. The number of thiophene rings is 1. The molecule has 3 atom stereocenters. The number of nitrogens with two attached hydrogens (primary N) is 1. The summed E-state index contributed by atoms with van der Waals surface area (Å²) in [6.45, 7) is 3.23. The van der Waals surface area contributed by atoms with Gasteiger partial charge in [-0.3, -0.25) is 4.90 Å². The number of hydrogen-bond donors (Lipinski definition) is 2. The highest BCUT2D eigenvalue weighted by atomic mass is 35.5. The molecule has 0 spiro atoms. The number of amides is 2. The highest BCUT2D eigenvalue weighted by Gasteiger charge is 2.49. The molecular formula is C34H34ClF3N8O3S. The van der Waals surface area contributed by atoms with E-state index in [1.165, 1.54) is 18.2 Å². The zero-order valence-corrected chi connectivity index (χ0v) is 28.7. The van der Waals surface area contributed by atoms with Gasteiger partial charge in [-0.15, -0.1) is 11.3 Å². The van der Waals surface area contributed by atoms with Crippen molar-refractivity contribution in [1.82, 2.24) is 24.7 Å². The van der Waals surface area contributed by atoms with Gasteiger partial charge in [-0.25, -0.2) is 18.0 Å². The van der Waals surface area contributed by atoms with Gasteiger partial charge < -0.3 is 30.3 Å². The largest absolute Gasteiger partial charge is 0.461 e. The summed E-state index contributed by atoms with van der Waals surface area (Å²) in [6.07, 6.45) is 1.71. The molecular weight excluding hydrogens is 693 g/mol. The maximum Gasteiger partial charge on any atom is 0.320 e. The van der Waals surface area contributed by atoms with Crippen LogP contribution in [0.4, 0.5) is 28.8 Å². The first kappa shape index (κ1) is 33.1. The van der Waals surface area contributed by atoms with E-state index < -0.39 is 23.3 Å². The van der Waals surface area contributed by atoms with Crippen LogP contribution >= 0.6 is 22.9 Å². The molecule has 2 aromatic heterocycles. The van der Waals surface area contributed by atoms with Crippen LogP contribution in [0.1, 0.15) is 31.2 Å². The number of carbonyl (C=O) groups is 1. The van der Waals surface area contributed by atoms with Crippen LogP contribution in [0.5, 0.6) is 6.01 Å². The fourth-order valence-electron chi connectivity index (χ4n) is 7.94. The lowest BCUT2D eigenvalue weighted by atomic mass is 9.95. The van der Waals surface area contributed by atoms with E-state index in [1.807, 2.05) is 6.07 Å². The maximum atomic E-state index is 16.9. The molecule has 4 aliphatic heterocycles. The molecule has 0 unspecified atom stereocenters. The number of aromatic nitrogens is 2. The van der Waals surface area contributed by atoms with E-state index in [4.69, 9.17) is 26.8 Å². The lowest BCUT2D eigenvalue weighted by Gasteiger charge is -2.40. The van der Waals surface area contributed by atoms with E-state index >= 15 is 4.39 Å². The first-order valence-electron chi connectivity index (χ1n) is 16.5. The van der Waals surface area contributed by atoms with Gasteiger partial charge in [0.05, 0.1) is 40.0 Å². The zero-order valence-electron chi connectivity index (χ0n) is 27.1. The molecule has 50 heavy (non-hydrogen) atoms. The van der Waals surface area contributed by atoms with Gasteiger partial charge in [-0.05, 0) is 43.5 Å². The molecule has 4 aliphatic rings. The summed E-state index contributed by atoms with van der Waals surface area (Å²) >= 11 is 7.72. The average molecular weight is 727 g/mol. The third kappa shape index (κ3) is 5.44. The molecule has 4 saturated heterocycles. The monoisotopic (exact) mass is 726 g/mol. The van der Waals surface area contributed by atoms with E-state index in [2.05, 4.69) is 20.2 Å². The fourth-order valence-corrected chi connectivity index (χ4v) is 9.18. The second kappa shape index (κ2) is 12.6. The molecule has 3 N–H and O–H groups in total. The number of likely N-dealkylation sites (tertiary alicyclic amines) is 2. The molecule has 6 heterocycles. The van der Waals surface area contributed by atoms with Crippen molar-refractivity contribution < 1.29 is 27.4 Å². The number of nitrogens with zero attached hydrogens (tertiary/aromatic N) is 6. The number of benzene rings is 2. The van der Waals surface area contributed by atoms with Crippen molar-refractivity contribution in [2.45, 2.75) is 49.5 Å². The minimum Gasteiger partial charge on any atom is -0.461 e. The van der Waals surface area contributed by atoms with Gasteiger partial charge in [0.25, 0.3) is 0 Å². The number of alkyl halides is 1. The Morgan fingerprint density at radius 3 is 2.82 bits per heavy atom. The summed E-state index contributed by atoms with van der Waals surface area (Å²) in [5.41, 5.74) is 5.61. The highest BCUT2D eigenvalue weighted by molar-refractivity contribution is 7.23. The quantitative estimate of drug-likeness (QED) is 0.243. The summed E-state index contributed by atoms with van der Waals surface area (Å²) in [5, 5.41) is 13.8. The lowest BCUT2D eigenvalue weighted by molar-refractivity contribution is -0.0143. The van der Waals surface area contributed by atoms with Gasteiger partial charge in [0.2, 0.25) is 0 Å². The molecule has 0 bridgehead atoms. The highest BCUT2D eigenvalue weighted by Crippen LogP contribution is 2.46. The van der Waals surface area contributed by atoms with Gasteiger partial charge >= 0.3 is 12.0 Å². The minimum atomic E-state index is -0.961. The van der Waals surface area contributed by atoms with Crippen LogP contribution in [-0.4, -0.2) is 108 Å². The number of fused-ring (bicyclic) bond motifs is 3. The van der Waals surface area contributed by atoms with Gasteiger partial charge in [0.15, 0.2) is 5.82 Å². The molecule has 8 rings (SSSR count). The third-order valence-corrected chi connectivity index (χ3v) is 11.9. The van der Waals surface area contributed by atoms with Crippen molar-refractivity contribution in [2.24, 2.45) is 0 Å². The molecule has 11 nitrogen and oxygen atoms in total. The molecule has 2 aromatic carbocycles. The van der Waals surface area contributed by atoms with Crippen LogP contribution in [0.2, 0.25) is 5.02 Å². The summed E-state index contributed by atoms with van der Waals surface area (Å²) in [4.78, 5) is 27.9. The maximum absolute atomic E-state index is 16.9. The molecule has 16 heteroatoms. The van der Waals surface area contributed by atoms with Crippen LogP contribution in [0.25, 0.3) is 32.1 Å². The summed E-state index contributed by atoms with van der Waals surface area (Å²) in [6, 6.07) is 5.71. The van der Waals surface area contributed by atoms with Gasteiger partial charge in [0.1, 0.15) is 41.0 Å². The zero-order chi connectivity index (χ0) is 34.9. The Labute approximate surface area is 294 Å². The van der Waals surface area contributed by atoms with Crippen LogP contribution < -0.4 is 15.8 Å². The molecule has 0 aliphatic carbocycles. The van der Waals surface area contributed by atoms with Crippen molar-refractivity contribution in [3.63, 3.8) is 0 Å². The van der Waals surface area contributed by atoms with Crippen LogP contribution in [0, 0.1) is 23.0 Å². The predicted molar refractivity (Wildman–Crippen MR) is 184 cm³/mol. The summed E-state index contributed by atoms with van der Waals surface area (Å²) in [7, 11) is 1.63. The molecule has 2 amide bonds. The van der Waals surface area contributed by atoms with Gasteiger partial charge in [-0.2, -0.15) is 15.2 Å². The molecule has 0 saturated carbocycles. The van der Waals surface area contributed by atoms with E-state index in [0.29, 0.717) is 45.6 Å². The average Bonchev–Trinajstić information content (AvgIpc) is 3.83. The van der Waals surface area contributed by atoms with Crippen molar-refractivity contribution in [2.75, 3.05) is 64.0 Å². The number of hydrogen-bond acceptors (Lipinski definition) is 10. The van der Waals surface area contributed by atoms with Gasteiger partial charge in [-0.1, -0.05) is 17.7 Å². The Kier molecular flexibility index (Phi) is 8.33. The minimum absolute atomic E-state index is 0.00831. The van der Waals surface area contributed by atoms with E-state index in [1.54, 1.807) is 16.9 Å². The molecule has 262 valence electrons. The van der Waals surface area contributed by atoms with E-state index in [0.717, 1.165) is 30.7 Å². The number of ether oxygens (including phenoxy) is 2. The second-order valence-corrected chi connectivity index (χ2v) is 15.0. The van der Waals surface area contributed by atoms with Gasteiger partial charge in [0, 0.05) is 55.5 Å². The van der Waals surface area contributed by atoms with E-state index in [9.17, 15) is 18.8 Å². The van der Waals surface area contributed by atoms with Crippen molar-refractivity contribution >= 4 is 60.8 Å². The summed E-state index contributed by atoms with van der Waals surface area (Å²) in [5.74, 6) is -1.15. The standard InChI is InChI=1S/C34H34ClF3N8O3S/c1-48-19-14-45(15-19)33(47)44-8-5-18(13-44)41-31-21-9-23(35)26(20-3-4-24(37)29-25(20)22(11-39)30(40)50-29)27(38)28(21)42-32(43-31)49-16-34-6-2-7-46(34)12-17(36)10-34/h3-4,9,17-19H,2,5-8,10,12-16,40H2,1H3,(H,41,42,43)/t17-,18-,34+/m1/s1. The Balaban J connectivity index is 1.18. The van der Waals surface area contributed by atoms with Crippen LogP contribution in [0.15, 0.2) is 18.2 Å². The number of nitriles is 1. The Bertz CT molecular complexity index is 2070. The number of methoxy groups -OCH3 is 1. The predicted octanol–water partition coefficient (Wildman–Crippen LogP) is 5.79. The van der Waals surface area contributed by atoms with Crippen molar-refractivity contribution in [3.8, 4) is 23.2 Å². The summed E-state index contributed by atoms with van der Waals surface area (Å²) < 4.78 is 57.9. The lowest BCUT2D eigenvalue weighted by Crippen LogP contribution is -2.58. The first-order chi connectivity index (χ1) is 24.1. The molecule has 4 aromatic rings. The molecule has 0 radical (unpaired) electrons. The van der Waals surface area contributed by atoms with Crippen molar-refractivity contribution in [1.29, 1.82) is 5.26 Å². The SMILES string of the molecule is COC1CN(C(=O)N2CC[C@@H](Nc3nc(OC[C@@]45CCCN4C[C@H](F)C5)nc4c(F)c(-c5ccc(F)c6sc(N)c(C#N)c56)c(Cl)cc34)C2)C1. The first-order valence-corrected chi connectivity index (χ1v) is 17.7. The Morgan fingerprint density at radius 2 is 2.04 bits per heavy atom. The van der Waals surface area contributed by atoms with E-state index in [-0.39, 0.29) is 84.3 Å². The number of urea groups is 1. The topological polar surface area (TPSA) is 133 Å². The Hall–Kier alpha value is -4.10. The number of carbonyl (C=O) groups excluding carboxylic acids is 1. The Morgan fingerprint density at radius 1 is 1.22 bits per heavy atom. The smallest absolute Gasteiger partial charge is 0.320 e. The third-order valence-electron chi connectivity index (χ3n) is 10.5. The number of anilines is 2. The number of nitrogen functional groups attached to an aromatic ring is 1. The van der Waals surface area contributed by atoms with Crippen LogP contribution in [0.3, 0.4) is 0 Å². The normalized spacial score (nSPS) is 23.8. The number of rotatable bonds is 7. The number of nitrogens with one attached hydrogen (secondary N) is 1. The molecule has 4 fully saturated rings. The number of halogens is 4. The van der Waals surface area contributed by atoms with Crippen molar-refractivity contribution in [3.05, 3.63) is 40.4 Å².